The number of benzene rings is 2. The summed E-state index contributed by atoms with van der Waals surface area (Å²) in [6.07, 6.45) is 2.17. The van der Waals surface area contributed by atoms with Crippen LogP contribution >= 0.6 is 0 Å². The fraction of sp³-hybridized carbons (Fsp3) is 0.316. The lowest BCUT2D eigenvalue weighted by Gasteiger charge is -2.23. The van der Waals surface area contributed by atoms with Crippen LogP contribution in [-0.4, -0.2) is 24.0 Å². The van der Waals surface area contributed by atoms with E-state index in [9.17, 15) is 4.79 Å². The average molecular weight is 310 g/mol. The van der Waals surface area contributed by atoms with Crippen molar-refractivity contribution < 1.29 is 9.53 Å². The van der Waals surface area contributed by atoms with Crippen molar-refractivity contribution in [3.8, 4) is 5.75 Å². The zero-order valence-electron chi connectivity index (χ0n) is 13.4. The highest BCUT2D eigenvalue weighted by molar-refractivity contribution is 5.94. The molecule has 0 unspecified atom stereocenters. The first-order valence-corrected chi connectivity index (χ1v) is 7.94. The van der Waals surface area contributed by atoms with Gasteiger partial charge in [0.1, 0.15) is 5.75 Å². The standard InChI is InChI=1S/C19H22N2O2/c1-23-18-10-4-15(5-11-18)13-21(17-8-9-17)19(22)16-6-2-14(12-20)3-7-16/h2-7,10-11,17H,8-9,12-13,20H2,1H3. The number of nitrogens with two attached hydrogens (primary N) is 1. The highest BCUT2D eigenvalue weighted by atomic mass is 16.5. The molecule has 23 heavy (non-hydrogen) atoms. The van der Waals surface area contributed by atoms with Crippen LogP contribution in [0.15, 0.2) is 48.5 Å². The highest BCUT2D eigenvalue weighted by Crippen LogP contribution is 2.30. The van der Waals surface area contributed by atoms with Crippen LogP contribution in [0, 0.1) is 0 Å². The molecule has 1 fully saturated rings. The van der Waals surface area contributed by atoms with E-state index in [1.54, 1.807) is 7.11 Å². The minimum absolute atomic E-state index is 0.0897. The first-order valence-electron chi connectivity index (χ1n) is 7.94. The van der Waals surface area contributed by atoms with E-state index < -0.39 is 0 Å². The van der Waals surface area contributed by atoms with E-state index >= 15 is 0 Å². The fourth-order valence-electron chi connectivity index (χ4n) is 2.63. The Kier molecular flexibility index (Phi) is 4.63. The van der Waals surface area contributed by atoms with Gasteiger partial charge in [0, 0.05) is 24.7 Å². The number of rotatable bonds is 6. The Bertz CT molecular complexity index is 661. The number of hydrogen-bond donors (Lipinski definition) is 1. The van der Waals surface area contributed by atoms with Crippen molar-refractivity contribution in [2.75, 3.05) is 7.11 Å². The van der Waals surface area contributed by atoms with Gasteiger partial charge in [-0.3, -0.25) is 4.79 Å². The van der Waals surface area contributed by atoms with Crippen LogP contribution in [0.2, 0.25) is 0 Å². The summed E-state index contributed by atoms with van der Waals surface area (Å²) in [6, 6.07) is 15.8. The van der Waals surface area contributed by atoms with E-state index in [2.05, 4.69) is 0 Å². The minimum Gasteiger partial charge on any atom is -0.497 e. The molecular formula is C19H22N2O2. The molecule has 120 valence electrons. The van der Waals surface area contributed by atoms with Crippen LogP contribution in [0.4, 0.5) is 0 Å². The normalized spacial score (nSPS) is 13.7. The molecule has 2 aromatic rings. The zero-order valence-corrected chi connectivity index (χ0v) is 13.4. The summed E-state index contributed by atoms with van der Waals surface area (Å²) in [5.41, 5.74) is 8.49. The second-order valence-electron chi connectivity index (χ2n) is 5.91. The van der Waals surface area contributed by atoms with Crippen LogP contribution in [-0.2, 0) is 13.1 Å². The Labute approximate surface area is 136 Å². The zero-order chi connectivity index (χ0) is 16.2. The maximum atomic E-state index is 12.8. The van der Waals surface area contributed by atoms with Gasteiger partial charge in [0.25, 0.3) is 5.91 Å². The predicted octanol–water partition coefficient (Wildman–Crippen LogP) is 2.96. The van der Waals surface area contributed by atoms with Crippen molar-refractivity contribution in [3.05, 3.63) is 65.2 Å². The predicted molar refractivity (Wildman–Crippen MR) is 90.2 cm³/mol. The van der Waals surface area contributed by atoms with Crippen molar-refractivity contribution >= 4 is 5.91 Å². The Morgan fingerprint density at radius 1 is 1.09 bits per heavy atom. The molecular weight excluding hydrogens is 288 g/mol. The lowest BCUT2D eigenvalue weighted by molar-refractivity contribution is 0.0730. The molecule has 3 rings (SSSR count). The molecule has 0 saturated heterocycles. The molecule has 4 heteroatoms. The summed E-state index contributed by atoms with van der Waals surface area (Å²) < 4.78 is 5.18. The summed E-state index contributed by atoms with van der Waals surface area (Å²) in [5.74, 6) is 0.919. The fourth-order valence-corrected chi connectivity index (χ4v) is 2.63. The summed E-state index contributed by atoms with van der Waals surface area (Å²) in [4.78, 5) is 14.8. The third-order valence-electron chi connectivity index (χ3n) is 4.20. The van der Waals surface area contributed by atoms with Crippen molar-refractivity contribution in [1.29, 1.82) is 0 Å². The largest absolute Gasteiger partial charge is 0.497 e. The van der Waals surface area contributed by atoms with Gasteiger partial charge in [-0.1, -0.05) is 24.3 Å². The monoisotopic (exact) mass is 310 g/mol. The topological polar surface area (TPSA) is 55.6 Å². The van der Waals surface area contributed by atoms with Gasteiger partial charge >= 0.3 is 0 Å². The van der Waals surface area contributed by atoms with Gasteiger partial charge in [0.05, 0.1) is 7.11 Å². The van der Waals surface area contributed by atoms with Crippen molar-refractivity contribution in [3.63, 3.8) is 0 Å². The van der Waals surface area contributed by atoms with E-state index in [4.69, 9.17) is 10.5 Å². The van der Waals surface area contributed by atoms with Crippen LogP contribution in [0.25, 0.3) is 0 Å². The van der Waals surface area contributed by atoms with Gasteiger partial charge in [-0.15, -0.1) is 0 Å². The highest BCUT2D eigenvalue weighted by Gasteiger charge is 2.33. The van der Waals surface area contributed by atoms with Crippen LogP contribution < -0.4 is 10.5 Å². The molecule has 0 aliphatic heterocycles. The smallest absolute Gasteiger partial charge is 0.254 e. The maximum Gasteiger partial charge on any atom is 0.254 e. The molecule has 2 N–H and O–H groups in total. The molecule has 1 aliphatic carbocycles. The number of nitrogens with zero attached hydrogens (tertiary/aromatic N) is 1. The second kappa shape index (κ2) is 6.84. The summed E-state index contributed by atoms with van der Waals surface area (Å²) >= 11 is 0. The molecule has 1 aliphatic rings. The van der Waals surface area contributed by atoms with E-state index in [-0.39, 0.29) is 5.91 Å². The molecule has 0 spiro atoms. The molecule has 0 bridgehead atoms. The third-order valence-corrected chi connectivity index (χ3v) is 4.20. The van der Waals surface area contributed by atoms with Crippen molar-refractivity contribution in [1.82, 2.24) is 4.90 Å². The van der Waals surface area contributed by atoms with E-state index in [0.29, 0.717) is 19.1 Å². The Hall–Kier alpha value is -2.33. The van der Waals surface area contributed by atoms with Crippen LogP contribution in [0.1, 0.15) is 34.3 Å². The van der Waals surface area contributed by atoms with Gasteiger partial charge < -0.3 is 15.4 Å². The third kappa shape index (κ3) is 3.71. The van der Waals surface area contributed by atoms with E-state index in [1.807, 2.05) is 53.4 Å². The van der Waals surface area contributed by atoms with E-state index in [1.165, 1.54) is 0 Å². The van der Waals surface area contributed by atoms with E-state index in [0.717, 1.165) is 35.3 Å². The van der Waals surface area contributed by atoms with Gasteiger partial charge in [-0.05, 0) is 48.2 Å². The second-order valence-corrected chi connectivity index (χ2v) is 5.91. The lowest BCUT2D eigenvalue weighted by Crippen LogP contribution is -2.32. The molecule has 1 saturated carbocycles. The number of carbonyl (C=O) groups excluding carboxylic acids is 1. The first-order chi connectivity index (χ1) is 11.2. The Morgan fingerprint density at radius 2 is 1.70 bits per heavy atom. The summed E-state index contributed by atoms with van der Waals surface area (Å²) in [6.45, 7) is 1.12. The number of amides is 1. The van der Waals surface area contributed by atoms with Gasteiger partial charge in [0.15, 0.2) is 0 Å². The minimum atomic E-state index is 0.0897. The Morgan fingerprint density at radius 3 is 2.22 bits per heavy atom. The van der Waals surface area contributed by atoms with Crippen molar-refractivity contribution in [2.45, 2.75) is 32.0 Å². The van der Waals surface area contributed by atoms with Crippen LogP contribution in [0.3, 0.4) is 0 Å². The molecule has 4 nitrogen and oxygen atoms in total. The maximum absolute atomic E-state index is 12.8. The number of methoxy groups -OCH3 is 1. The van der Waals surface area contributed by atoms with Crippen molar-refractivity contribution in [2.24, 2.45) is 5.73 Å². The molecule has 2 aromatic carbocycles. The van der Waals surface area contributed by atoms with Gasteiger partial charge in [0.2, 0.25) is 0 Å². The quantitative estimate of drug-likeness (QED) is 0.892. The average Bonchev–Trinajstić information content (AvgIpc) is 3.44. The Balaban J connectivity index is 1.75. The van der Waals surface area contributed by atoms with Gasteiger partial charge in [-0.25, -0.2) is 0 Å². The molecule has 0 aromatic heterocycles. The first kappa shape index (κ1) is 15.6. The summed E-state index contributed by atoms with van der Waals surface area (Å²) in [7, 11) is 1.65. The lowest BCUT2D eigenvalue weighted by atomic mass is 10.1. The van der Waals surface area contributed by atoms with Gasteiger partial charge in [-0.2, -0.15) is 0 Å². The number of ether oxygens (including phenoxy) is 1. The summed E-state index contributed by atoms with van der Waals surface area (Å²) in [5, 5.41) is 0. The number of carbonyl (C=O) groups is 1. The molecule has 0 atom stereocenters. The SMILES string of the molecule is COc1ccc(CN(C(=O)c2ccc(CN)cc2)C2CC2)cc1. The van der Waals surface area contributed by atoms with Crippen LogP contribution in [0.5, 0.6) is 5.75 Å². The molecule has 0 radical (unpaired) electrons. The number of hydrogen-bond acceptors (Lipinski definition) is 3. The molecule has 0 heterocycles. The molecule has 1 amide bonds.